The summed E-state index contributed by atoms with van der Waals surface area (Å²) in [7, 11) is -5.50. The van der Waals surface area contributed by atoms with Gasteiger partial charge in [0.2, 0.25) is 6.79 Å². The van der Waals surface area contributed by atoms with Gasteiger partial charge in [-0.2, -0.15) is 21.6 Å². The Morgan fingerprint density at radius 3 is 2.43 bits per heavy atom. The quantitative estimate of drug-likeness (QED) is 0.927. The summed E-state index contributed by atoms with van der Waals surface area (Å²) in [4.78, 5) is 0. The van der Waals surface area contributed by atoms with E-state index >= 15 is 0 Å². The highest BCUT2D eigenvalue weighted by Crippen LogP contribution is 2.38. The zero-order chi connectivity index (χ0) is 16.7. The molecule has 0 spiro atoms. The summed E-state index contributed by atoms with van der Waals surface area (Å²) in [6, 6.07) is 10.6. The molecule has 0 radical (unpaired) electrons. The van der Waals surface area contributed by atoms with Gasteiger partial charge in [0.05, 0.1) is 5.69 Å². The minimum absolute atomic E-state index is 0.0567. The first kappa shape index (κ1) is 15.5. The van der Waals surface area contributed by atoms with Crippen LogP contribution in [-0.2, 0) is 10.0 Å². The maximum Gasteiger partial charge on any atom is 0.516 e. The molecule has 0 aromatic heterocycles. The van der Waals surface area contributed by atoms with E-state index in [0.717, 1.165) is 0 Å². The Morgan fingerprint density at radius 1 is 1.00 bits per heavy atom. The normalized spacial score (nSPS) is 13.9. The van der Waals surface area contributed by atoms with Crippen molar-refractivity contribution in [2.45, 2.75) is 5.51 Å². The lowest BCUT2D eigenvalue weighted by molar-refractivity contribution is -0.0429. The van der Waals surface area contributed by atoms with Crippen LogP contribution in [0.3, 0.4) is 0 Å². The standard InChI is InChI=1S/C14H10F3NO4S/c15-14(16,17)23(19,20)18-11-4-2-1-3-10(11)9-5-6-12-13(7-9)22-8-21-12/h1-7,18H,8H2. The number of rotatable bonds is 3. The average Bonchev–Trinajstić information content (AvgIpc) is 2.93. The summed E-state index contributed by atoms with van der Waals surface area (Å²) >= 11 is 0. The van der Waals surface area contributed by atoms with Crippen LogP contribution in [0.1, 0.15) is 0 Å². The van der Waals surface area contributed by atoms with Crippen molar-refractivity contribution >= 4 is 15.7 Å². The third-order valence-corrected chi connectivity index (χ3v) is 4.26. The number of benzene rings is 2. The number of anilines is 1. The van der Waals surface area contributed by atoms with Gasteiger partial charge < -0.3 is 9.47 Å². The molecule has 1 heterocycles. The Balaban J connectivity index is 2.02. The molecule has 0 amide bonds. The second-order valence-corrected chi connectivity index (χ2v) is 6.34. The van der Waals surface area contributed by atoms with Gasteiger partial charge in [0, 0.05) is 5.56 Å². The maximum atomic E-state index is 12.5. The van der Waals surface area contributed by atoms with E-state index in [-0.39, 0.29) is 12.5 Å². The van der Waals surface area contributed by atoms with E-state index in [1.807, 2.05) is 0 Å². The van der Waals surface area contributed by atoms with Gasteiger partial charge in [-0.1, -0.05) is 24.3 Å². The van der Waals surface area contributed by atoms with E-state index in [0.29, 0.717) is 22.6 Å². The Morgan fingerprint density at radius 2 is 1.70 bits per heavy atom. The van der Waals surface area contributed by atoms with Crippen LogP contribution < -0.4 is 14.2 Å². The van der Waals surface area contributed by atoms with Gasteiger partial charge in [0.1, 0.15) is 0 Å². The number of sulfonamides is 1. The number of para-hydroxylation sites is 1. The first-order valence-electron chi connectivity index (χ1n) is 6.36. The molecule has 2 aromatic carbocycles. The molecule has 1 aliphatic heterocycles. The van der Waals surface area contributed by atoms with Crippen LogP contribution in [-0.4, -0.2) is 20.7 Å². The molecule has 0 saturated carbocycles. The SMILES string of the molecule is O=S(=O)(Nc1ccccc1-c1ccc2c(c1)OCO2)C(F)(F)F. The number of fused-ring (bicyclic) bond motifs is 1. The van der Waals surface area contributed by atoms with E-state index in [1.165, 1.54) is 18.2 Å². The van der Waals surface area contributed by atoms with Crippen LogP contribution >= 0.6 is 0 Å². The van der Waals surface area contributed by atoms with Crippen molar-refractivity contribution in [3.8, 4) is 22.6 Å². The molecule has 122 valence electrons. The number of hydrogen-bond acceptors (Lipinski definition) is 4. The average molecular weight is 345 g/mol. The number of hydrogen-bond donors (Lipinski definition) is 1. The van der Waals surface area contributed by atoms with Gasteiger partial charge in [-0.25, -0.2) is 0 Å². The highest BCUT2D eigenvalue weighted by molar-refractivity contribution is 7.93. The Hall–Kier alpha value is -2.42. The molecule has 3 rings (SSSR count). The summed E-state index contributed by atoms with van der Waals surface area (Å²) in [5, 5.41) is 0. The zero-order valence-electron chi connectivity index (χ0n) is 11.4. The molecular weight excluding hydrogens is 335 g/mol. The third kappa shape index (κ3) is 2.91. The van der Waals surface area contributed by atoms with Crippen molar-refractivity contribution < 1.29 is 31.1 Å². The topological polar surface area (TPSA) is 64.6 Å². The molecule has 0 aliphatic carbocycles. The van der Waals surface area contributed by atoms with E-state index in [9.17, 15) is 21.6 Å². The van der Waals surface area contributed by atoms with Gasteiger partial charge in [0.25, 0.3) is 0 Å². The molecule has 1 aliphatic rings. The van der Waals surface area contributed by atoms with Crippen molar-refractivity contribution in [3.63, 3.8) is 0 Å². The van der Waals surface area contributed by atoms with E-state index in [4.69, 9.17) is 9.47 Å². The van der Waals surface area contributed by atoms with Crippen molar-refractivity contribution in [1.29, 1.82) is 0 Å². The number of halogens is 3. The van der Waals surface area contributed by atoms with Crippen LogP contribution in [0.25, 0.3) is 11.1 Å². The molecule has 0 fully saturated rings. The Bertz CT molecular complexity index is 849. The first-order chi connectivity index (χ1) is 10.8. The summed E-state index contributed by atoms with van der Waals surface area (Å²) < 4.78 is 72.2. The van der Waals surface area contributed by atoms with Crippen molar-refractivity contribution in [2.24, 2.45) is 0 Å². The second kappa shape index (κ2) is 5.34. The predicted molar refractivity (Wildman–Crippen MR) is 76.6 cm³/mol. The smallest absolute Gasteiger partial charge is 0.454 e. The van der Waals surface area contributed by atoms with E-state index in [2.05, 4.69) is 0 Å². The fraction of sp³-hybridized carbons (Fsp3) is 0.143. The number of ether oxygens (including phenoxy) is 2. The van der Waals surface area contributed by atoms with Crippen LogP contribution in [0, 0.1) is 0 Å². The highest BCUT2D eigenvalue weighted by atomic mass is 32.2. The van der Waals surface area contributed by atoms with Crippen LogP contribution in [0.5, 0.6) is 11.5 Å². The highest BCUT2D eigenvalue weighted by Gasteiger charge is 2.46. The monoisotopic (exact) mass is 345 g/mol. The van der Waals surface area contributed by atoms with Crippen LogP contribution in [0.2, 0.25) is 0 Å². The predicted octanol–water partition coefficient (Wildman–Crippen LogP) is 3.34. The fourth-order valence-electron chi connectivity index (χ4n) is 2.09. The molecule has 0 atom stereocenters. The first-order valence-corrected chi connectivity index (χ1v) is 7.84. The van der Waals surface area contributed by atoms with Crippen LogP contribution in [0.15, 0.2) is 42.5 Å². The molecule has 0 bridgehead atoms. The number of nitrogens with one attached hydrogen (secondary N) is 1. The summed E-state index contributed by atoms with van der Waals surface area (Å²) in [6.45, 7) is 0.0567. The van der Waals surface area contributed by atoms with E-state index in [1.54, 1.807) is 29.0 Å². The van der Waals surface area contributed by atoms with Crippen LogP contribution in [0.4, 0.5) is 18.9 Å². The molecule has 23 heavy (non-hydrogen) atoms. The summed E-state index contributed by atoms with van der Waals surface area (Å²) in [5.74, 6) is 0.957. The molecule has 0 unspecified atom stereocenters. The van der Waals surface area contributed by atoms with Gasteiger partial charge >= 0.3 is 15.5 Å². The van der Waals surface area contributed by atoms with Gasteiger partial charge in [-0.05, 0) is 23.8 Å². The Kier molecular flexibility index (Phi) is 3.59. The van der Waals surface area contributed by atoms with Crippen molar-refractivity contribution in [2.75, 3.05) is 11.5 Å². The third-order valence-electron chi connectivity index (χ3n) is 3.16. The minimum atomic E-state index is -5.50. The second-order valence-electron chi connectivity index (χ2n) is 4.66. The fourth-order valence-corrected chi connectivity index (χ4v) is 2.67. The summed E-state index contributed by atoms with van der Waals surface area (Å²) in [5.41, 5.74) is -4.79. The summed E-state index contributed by atoms with van der Waals surface area (Å²) in [6.07, 6.45) is 0. The lowest BCUT2D eigenvalue weighted by atomic mass is 10.0. The molecule has 5 nitrogen and oxygen atoms in total. The Labute approximate surface area is 129 Å². The molecular formula is C14H10F3NO4S. The molecule has 0 saturated heterocycles. The van der Waals surface area contributed by atoms with Gasteiger partial charge in [0.15, 0.2) is 11.5 Å². The van der Waals surface area contributed by atoms with Gasteiger partial charge in [-0.15, -0.1) is 0 Å². The number of alkyl halides is 3. The zero-order valence-corrected chi connectivity index (χ0v) is 12.2. The largest absolute Gasteiger partial charge is 0.516 e. The lowest BCUT2D eigenvalue weighted by Gasteiger charge is -2.14. The minimum Gasteiger partial charge on any atom is -0.454 e. The van der Waals surface area contributed by atoms with Crippen molar-refractivity contribution in [1.82, 2.24) is 0 Å². The van der Waals surface area contributed by atoms with Gasteiger partial charge in [-0.3, -0.25) is 4.72 Å². The molecule has 2 aromatic rings. The van der Waals surface area contributed by atoms with E-state index < -0.39 is 15.5 Å². The molecule has 9 heteroatoms. The maximum absolute atomic E-state index is 12.5. The van der Waals surface area contributed by atoms with Crippen molar-refractivity contribution in [3.05, 3.63) is 42.5 Å². The lowest BCUT2D eigenvalue weighted by Crippen LogP contribution is -2.30. The molecule has 1 N–H and O–H groups in total.